The van der Waals surface area contributed by atoms with E-state index in [0.29, 0.717) is 12.2 Å². The van der Waals surface area contributed by atoms with Gasteiger partial charge in [-0.2, -0.15) is 0 Å². The molecule has 0 aromatic carbocycles. The maximum Gasteiger partial charge on any atom is 0.331 e. The van der Waals surface area contributed by atoms with Gasteiger partial charge in [-0.05, 0) is 30.7 Å². The Balaban J connectivity index is 3.05. The van der Waals surface area contributed by atoms with Crippen molar-refractivity contribution in [2.45, 2.75) is 39.2 Å². The average Bonchev–Trinajstić information content (AvgIpc) is 2.53. The standard InChI is InChI=1S/C8H14N4O2/c1-4-5-6-9-10-11-12(6)8(2,3)7(13)14/h4-5H2,1-3H3,(H,13,14). The maximum atomic E-state index is 11.0. The Hall–Kier alpha value is -1.46. The normalized spacial score (nSPS) is 11.6. The zero-order valence-electron chi connectivity index (χ0n) is 8.56. The Morgan fingerprint density at radius 3 is 2.71 bits per heavy atom. The first-order chi connectivity index (χ1) is 6.50. The zero-order valence-corrected chi connectivity index (χ0v) is 8.56. The lowest BCUT2D eigenvalue weighted by atomic mass is 10.1. The highest BCUT2D eigenvalue weighted by atomic mass is 16.4. The molecule has 0 aliphatic heterocycles. The van der Waals surface area contributed by atoms with Crippen LogP contribution in [0.15, 0.2) is 0 Å². The Labute approximate surface area is 81.9 Å². The summed E-state index contributed by atoms with van der Waals surface area (Å²) in [5.74, 6) is -0.331. The molecule has 6 heteroatoms. The van der Waals surface area contributed by atoms with Crippen molar-refractivity contribution in [1.29, 1.82) is 0 Å². The van der Waals surface area contributed by atoms with Gasteiger partial charge in [0.1, 0.15) is 0 Å². The van der Waals surface area contributed by atoms with Crippen molar-refractivity contribution in [3.8, 4) is 0 Å². The van der Waals surface area contributed by atoms with Crippen molar-refractivity contribution in [2.24, 2.45) is 0 Å². The summed E-state index contributed by atoms with van der Waals surface area (Å²) in [7, 11) is 0. The summed E-state index contributed by atoms with van der Waals surface area (Å²) in [4.78, 5) is 11.0. The molecule has 0 saturated heterocycles. The largest absolute Gasteiger partial charge is 0.479 e. The van der Waals surface area contributed by atoms with Crippen molar-refractivity contribution >= 4 is 5.97 Å². The van der Waals surface area contributed by atoms with E-state index in [1.807, 2.05) is 6.92 Å². The maximum absolute atomic E-state index is 11.0. The number of carbonyl (C=O) groups is 1. The van der Waals surface area contributed by atoms with Crippen LogP contribution in [0.25, 0.3) is 0 Å². The van der Waals surface area contributed by atoms with Gasteiger partial charge in [-0.15, -0.1) is 5.10 Å². The zero-order chi connectivity index (χ0) is 10.8. The van der Waals surface area contributed by atoms with E-state index in [9.17, 15) is 4.79 Å². The molecule has 0 fully saturated rings. The molecular formula is C8H14N4O2. The SMILES string of the molecule is CCCc1nnnn1C(C)(C)C(=O)O. The molecule has 0 atom stereocenters. The van der Waals surface area contributed by atoms with Gasteiger partial charge in [0.25, 0.3) is 0 Å². The van der Waals surface area contributed by atoms with Gasteiger partial charge >= 0.3 is 5.97 Å². The first-order valence-corrected chi connectivity index (χ1v) is 4.51. The molecule has 14 heavy (non-hydrogen) atoms. The number of nitrogens with zero attached hydrogens (tertiary/aromatic N) is 4. The predicted molar refractivity (Wildman–Crippen MR) is 48.8 cm³/mol. The minimum atomic E-state index is -1.09. The van der Waals surface area contributed by atoms with Crippen LogP contribution >= 0.6 is 0 Å². The molecule has 6 nitrogen and oxygen atoms in total. The third kappa shape index (κ3) is 1.73. The quantitative estimate of drug-likeness (QED) is 0.759. The minimum Gasteiger partial charge on any atom is -0.479 e. The Kier molecular flexibility index (Phi) is 2.83. The molecule has 78 valence electrons. The van der Waals surface area contributed by atoms with Crippen molar-refractivity contribution in [2.75, 3.05) is 0 Å². The number of carboxylic acids is 1. The minimum absolute atomic E-state index is 0.611. The monoisotopic (exact) mass is 198 g/mol. The second-order valence-electron chi connectivity index (χ2n) is 3.62. The van der Waals surface area contributed by atoms with Gasteiger partial charge in [-0.25, -0.2) is 9.48 Å². The molecule has 0 amide bonds. The summed E-state index contributed by atoms with van der Waals surface area (Å²) in [5, 5.41) is 20.0. The van der Waals surface area contributed by atoms with E-state index in [0.717, 1.165) is 6.42 Å². The molecule has 0 spiro atoms. The van der Waals surface area contributed by atoms with Crippen molar-refractivity contribution in [1.82, 2.24) is 20.2 Å². The van der Waals surface area contributed by atoms with Crippen LogP contribution in [0.1, 0.15) is 33.0 Å². The third-order valence-corrected chi connectivity index (χ3v) is 2.06. The number of tetrazole rings is 1. The van der Waals surface area contributed by atoms with E-state index >= 15 is 0 Å². The van der Waals surface area contributed by atoms with Crippen LogP contribution in [0, 0.1) is 0 Å². The summed E-state index contributed by atoms with van der Waals surface area (Å²) in [6.07, 6.45) is 1.57. The Morgan fingerprint density at radius 2 is 2.21 bits per heavy atom. The Morgan fingerprint density at radius 1 is 1.57 bits per heavy atom. The lowest BCUT2D eigenvalue weighted by molar-refractivity contribution is -0.146. The fourth-order valence-corrected chi connectivity index (χ4v) is 1.11. The second kappa shape index (κ2) is 3.73. The highest BCUT2D eigenvalue weighted by Crippen LogP contribution is 2.15. The predicted octanol–water partition coefficient (Wildman–Crippen LogP) is 0.445. The van der Waals surface area contributed by atoms with Crippen LogP contribution in [0.4, 0.5) is 0 Å². The first kappa shape index (κ1) is 10.6. The fourth-order valence-electron chi connectivity index (χ4n) is 1.11. The topological polar surface area (TPSA) is 80.9 Å². The van der Waals surface area contributed by atoms with Crippen LogP contribution in [0.2, 0.25) is 0 Å². The summed E-state index contributed by atoms with van der Waals surface area (Å²) < 4.78 is 1.36. The molecule has 0 aliphatic carbocycles. The molecule has 1 aromatic heterocycles. The molecule has 0 aliphatic rings. The van der Waals surface area contributed by atoms with Crippen LogP contribution in [0.3, 0.4) is 0 Å². The lowest BCUT2D eigenvalue weighted by Crippen LogP contribution is -2.37. The summed E-state index contributed by atoms with van der Waals surface area (Å²) in [6, 6.07) is 0. The molecule has 0 saturated carbocycles. The van der Waals surface area contributed by atoms with Crippen LogP contribution in [-0.4, -0.2) is 31.3 Å². The summed E-state index contributed by atoms with van der Waals surface area (Å²) in [6.45, 7) is 5.14. The number of hydrogen-bond donors (Lipinski definition) is 1. The molecule has 0 bridgehead atoms. The van der Waals surface area contributed by atoms with E-state index < -0.39 is 11.5 Å². The Bertz CT molecular complexity index is 332. The number of carboxylic acid groups (broad SMARTS) is 1. The van der Waals surface area contributed by atoms with Gasteiger partial charge in [0.15, 0.2) is 11.4 Å². The summed E-state index contributed by atoms with van der Waals surface area (Å²) >= 11 is 0. The lowest BCUT2D eigenvalue weighted by Gasteiger charge is -2.20. The van der Waals surface area contributed by atoms with Crippen LogP contribution in [-0.2, 0) is 16.8 Å². The van der Waals surface area contributed by atoms with Crippen molar-refractivity contribution in [3.05, 3.63) is 5.82 Å². The van der Waals surface area contributed by atoms with E-state index in [1.54, 1.807) is 13.8 Å². The van der Waals surface area contributed by atoms with E-state index in [1.165, 1.54) is 4.68 Å². The average molecular weight is 198 g/mol. The fraction of sp³-hybridized carbons (Fsp3) is 0.750. The smallest absolute Gasteiger partial charge is 0.331 e. The molecule has 1 N–H and O–H groups in total. The van der Waals surface area contributed by atoms with E-state index in [4.69, 9.17) is 5.11 Å². The highest BCUT2D eigenvalue weighted by Gasteiger charge is 2.32. The second-order valence-corrected chi connectivity index (χ2v) is 3.62. The number of aliphatic carboxylic acids is 1. The molecular weight excluding hydrogens is 184 g/mol. The molecule has 1 aromatic rings. The first-order valence-electron chi connectivity index (χ1n) is 4.51. The molecule has 0 radical (unpaired) electrons. The van der Waals surface area contributed by atoms with Crippen LogP contribution < -0.4 is 0 Å². The highest BCUT2D eigenvalue weighted by molar-refractivity contribution is 5.75. The van der Waals surface area contributed by atoms with Gasteiger partial charge in [-0.3, -0.25) is 0 Å². The number of rotatable bonds is 4. The molecule has 0 unspecified atom stereocenters. The number of aromatic nitrogens is 4. The van der Waals surface area contributed by atoms with Crippen molar-refractivity contribution in [3.63, 3.8) is 0 Å². The van der Waals surface area contributed by atoms with E-state index in [-0.39, 0.29) is 0 Å². The van der Waals surface area contributed by atoms with Crippen LogP contribution in [0.5, 0.6) is 0 Å². The number of aryl methyl sites for hydroxylation is 1. The van der Waals surface area contributed by atoms with Gasteiger partial charge in [0.05, 0.1) is 0 Å². The van der Waals surface area contributed by atoms with Gasteiger partial charge < -0.3 is 5.11 Å². The van der Waals surface area contributed by atoms with E-state index in [2.05, 4.69) is 15.5 Å². The summed E-state index contributed by atoms with van der Waals surface area (Å²) in [5.41, 5.74) is -1.09. The van der Waals surface area contributed by atoms with Crippen molar-refractivity contribution < 1.29 is 9.90 Å². The number of hydrogen-bond acceptors (Lipinski definition) is 4. The van der Waals surface area contributed by atoms with Gasteiger partial charge in [-0.1, -0.05) is 6.92 Å². The van der Waals surface area contributed by atoms with Gasteiger partial charge in [0.2, 0.25) is 0 Å². The van der Waals surface area contributed by atoms with Gasteiger partial charge in [0, 0.05) is 6.42 Å². The molecule has 1 heterocycles. The third-order valence-electron chi connectivity index (χ3n) is 2.06. The molecule has 1 rings (SSSR count).